The number of aromatic nitrogens is 2. The molecular formula is C26H30N4O2. The van der Waals surface area contributed by atoms with Gasteiger partial charge in [0.05, 0.1) is 5.69 Å². The number of para-hydroxylation sites is 1. The van der Waals surface area contributed by atoms with Crippen molar-refractivity contribution in [1.29, 1.82) is 0 Å². The Labute approximate surface area is 189 Å². The molecule has 0 spiro atoms. The highest BCUT2D eigenvalue weighted by Gasteiger charge is 2.35. The van der Waals surface area contributed by atoms with E-state index in [1.165, 1.54) is 0 Å². The highest BCUT2D eigenvalue weighted by atomic mass is 16.2. The van der Waals surface area contributed by atoms with Gasteiger partial charge in [-0.25, -0.2) is 0 Å². The maximum atomic E-state index is 13.5. The number of hydrogen-bond acceptors (Lipinski definition) is 3. The van der Waals surface area contributed by atoms with Crippen molar-refractivity contribution < 1.29 is 9.59 Å². The molecule has 4 rings (SSSR count). The summed E-state index contributed by atoms with van der Waals surface area (Å²) in [6, 6.07) is 15.1. The van der Waals surface area contributed by atoms with Gasteiger partial charge in [0.15, 0.2) is 0 Å². The molecule has 0 fully saturated rings. The molecule has 1 atom stereocenters. The average molecular weight is 431 g/mol. The lowest BCUT2D eigenvalue weighted by atomic mass is 9.94. The summed E-state index contributed by atoms with van der Waals surface area (Å²) >= 11 is 0. The fourth-order valence-corrected chi connectivity index (χ4v) is 4.50. The van der Waals surface area contributed by atoms with E-state index in [2.05, 4.69) is 10.4 Å². The number of rotatable bonds is 5. The van der Waals surface area contributed by atoms with E-state index in [-0.39, 0.29) is 11.8 Å². The number of benzene rings is 2. The van der Waals surface area contributed by atoms with Crippen LogP contribution in [-0.4, -0.2) is 27.6 Å². The second kappa shape index (κ2) is 8.99. The van der Waals surface area contributed by atoms with Gasteiger partial charge < -0.3 is 5.32 Å². The highest BCUT2D eigenvalue weighted by Crippen LogP contribution is 2.32. The first-order chi connectivity index (χ1) is 15.3. The zero-order valence-corrected chi connectivity index (χ0v) is 19.2. The van der Waals surface area contributed by atoms with Gasteiger partial charge in [-0.05, 0) is 69.4 Å². The van der Waals surface area contributed by atoms with Crippen molar-refractivity contribution in [2.45, 2.75) is 52.5 Å². The topological polar surface area (TPSA) is 67.2 Å². The summed E-state index contributed by atoms with van der Waals surface area (Å²) in [7, 11) is 1.92. The van der Waals surface area contributed by atoms with Crippen LogP contribution in [0.3, 0.4) is 0 Å². The number of nitrogens with zero attached hydrogens (tertiary/aromatic N) is 3. The minimum Gasteiger partial charge on any atom is -0.324 e. The lowest BCUT2D eigenvalue weighted by Crippen LogP contribution is -2.50. The van der Waals surface area contributed by atoms with E-state index in [0.717, 1.165) is 45.9 Å². The predicted molar refractivity (Wildman–Crippen MR) is 127 cm³/mol. The van der Waals surface area contributed by atoms with Crippen LogP contribution in [0.4, 0.5) is 11.4 Å². The molecular weight excluding hydrogens is 400 g/mol. The molecule has 3 aromatic rings. The molecule has 6 nitrogen and oxygen atoms in total. The zero-order chi connectivity index (χ0) is 22.8. The monoisotopic (exact) mass is 430 g/mol. The van der Waals surface area contributed by atoms with E-state index in [4.69, 9.17) is 0 Å². The second-order valence-electron chi connectivity index (χ2n) is 8.58. The summed E-state index contributed by atoms with van der Waals surface area (Å²) in [6.45, 7) is 6.00. The second-order valence-corrected chi connectivity index (χ2v) is 8.58. The predicted octanol–water partition coefficient (Wildman–Crippen LogP) is 4.26. The lowest BCUT2D eigenvalue weighted by molar-refractivity contribution is -0.124. The number of anilines is 2. The van der Waals surface area contributed by atoms with Crippen molar-refractivity contribution in [3.63, 3.8) is 0 Å². The molecule has 2 amide bonds. The van der Waals surface area contributed by atoms with Gasteiger partial charge in [0.2, 0.25) is 11.8 Å². The molecule has 166 valence electrons. The van der Waals surface area contributed by atoms with Crippen molar-refractivity contribution in [3.05, 3.63) is 76.6 Å². The first-order valence-electron chi connectivity index (χ1n) is 11.1. The summed E-state index contributed by atoms with van der Waals surface area (Å²) < 4.78 is 1.85. The van der Waals surface area contributed by atoms with E-state index in [0.29, 0.717) is 19.3 Å². The van der Waals surface area contributed by atoms with Crippen LogP contribution in [0.2, 0.25) is 0 Å². The molecule has 2 aromatic carbocycles. The molecule has 1 aliphatic heterocycles. The summed E-state index contributed by atoms with van der Waals surface area (Å²) in [5, 5.41) is 7.46. The average Bonchev–Trinajstić information content (AvgIpc) is 3.03. The fraction of sp³-hybridized carbons (Fsp3) is 0.346. The molecule has 0 saturated carbocycles. The van der Waals surface area contributed by atoms with E-state index in [9.17, 15) is 9.59 Å². The van der Waals surface area contributed by atoms with Gasteiger partial charge in [-0.1, -0.05) is 35.9 Å². The third-order valence-electron chi connectivity index (χ3n) is 6.39. The van der Waals surface area contributed by atoms with E-state index < -0.39 is 6.04 Å². The molecule has 1 unspecified atom stereocenters. The van der Waals surface area contributed by atoms with Crippen LogP contribution < -0.4 is 10.2 Å². The number of nitrogens with one attached hydrogen (secondary N) is 1. The Kier molecular flexibility index (Phi) is 6.12. The summed E-state index contributed by atoms with van der Waals surface area (Å²) in [5.41, 5.74) is 6.95. The molecule has 0 saturated heterocycles. The molecule has 0 aliphatic carbocycles. The Balaban J connectivity index is 1.58. The number of amides is 2. The summed E-state index contributed by atoms with van der Waals surface area (Å²) in [5.74, 6) is -0.186. The molecule has 0 radical (unpaired) electrons. The number of fused-ring (bicyclic) bond motifs is 1. The van der Waals surface area contributed by atoms with Crippen molar-refractivity contribution in [3.8, 4) is 0 Å². The van der Waals surface area contributed by atoms with E-state index >= 15 is 0 Å². The molecule has 2 heterocycles. The maximum Gasteiger partial charge on any atom is 0.247 e. The Bertz CT molecular complexity index is 1150. The van der Waals surface area contributed by atoms with E-state index in [1.807, 2.05) is 81.0 Å². The first-order valence-corrected chi connectivity index (χ1v) is 11.1. The standard InChI is InChI=1S/C26H30N4O2/c1-17-9-12-21(13-10-17)27-26(32)24-15-11-20-7-5-6-8-23(20)30(24)25(31)16-14-22-18(2)28-29(4)19(22)3/h5-10,12-13,24H,11,14-16H2,1-4H3,(H,27,32). The summed E-state index contributed by atoms with van der Waals surface area (Å²) in [4.78, 5) is 28.5. The van der Waals surface area contributed by atoms with Gasteiger partial charge in [-0.2, -0.15) is 5.10 Å². The van der Waals surface area contributed by atoms with Gasteiger partial charge >= 0.3 is 0 Å². The summed E-state index contributed by atoms with van der Waals surface area (Å²) in [6.07, 6.45) is 2.31. The highest BCUT2D eigenvalue weighted by molar-refractivity contribution is 6.06. The smallest absolute Gasteiger partial charge is 0.247 e. The largest absolute Gasteiger partial charge is 0.324 e. The quantitative estimate of drug-likeness (QED) is 0.658. The minimum absolute atomic E-state index is 0.0381. The number of carbonyl (C=O) groups excluding carboxylic acids is 2. The Hall–Kier alpha value is -3.41. The zero-order valence-electron chi connectivity index (χ0n) is 19.2. The van der Waals surface area contributed by atoms with Gasteiger partial charge in [0, 0.05) is 30.5 Å². The van der Waals surface area contributed by atoms with Crippen molar-refractivity contribution in [2.24, 2.45) is 7.05 Å². The van der Waals surface area contributed by atoms with Gasteiger partial charge in [-0.15, -0.1) is 0 Å². The van der Waals surface area contributed by atoms with Crippen LogP contribution in [-0.2, 0) is 29.5 Å². The van der Waals surface area contributed by atoms with Crippen LogP contribution in [0.25, 0.3) is 0 Å². The van der Waals surface area contributed by atoms with E-state index in [1.54, 1.807) is 4.90 Å². The van der Waals surface area contributed by atoms with Crippen LogP contribution in [0.1, 0.15) is 40.9 Å². The third-order valence-corrected chi connectivity index (χ3v) is 6.39. The van der Waals surface area contributed by atoms with Gasteiger partial charge in [0.25, 0.3) is 0 Å². The lowest BCUT2D eigenvalue weighted by Gasteiger charge is -2.36. The number of aryl methyl sites for hydroxylation is 4. The third kappa shape index (κ3) is 4.31. The fourth-order valence-electron chi connectivity index (χ4n) is 4.50. The van der Waals surface area contributed by atoms with Crippen LogP contribution in [0, 0.1) is 20.8 Å². The molecule has 1 N–H and O–H groups in total. The molecule has 1 aromatic heterocycles. The van der Waals surface area contributed by atoms with Crippen LogP contribution in [0.15, 0.2) is 48.5 Å². The first kappa shape index (κ1) is 21.8. The van der Waals surface area contributed by atoms with Gasteiger partial charge in [0.1, 0.15) is 6.04 Å². The molecule has 32 heavy (non-hydrogen) atoms. The van der Waals surface area contributed by atoms with Crippen molar-refractivity contribution >= 4 is 23.2 Å². The Morgan fingerprint density at radius 3 is 2.47 bits per heavy atom. The number of carbonyl (C=O) groups is 2. The molecule has 6 heteroatoms. The van der Waals surface area contributed by atoms with Crippen molar-refractivity contribution in [1.82, 2.24) is 9.78 Å². The number of hydrogen-bond donors (Lipinski definition) is 1. The Morgan fingerprint density at radius 2 is 1.78 bits per heavy atom. The minimum atomic E-state index is -0.533. The Morgan fingerprint density at radius 1 is 1.06 bits per heavy atom. The van der Waals surface area contributed by atoms with Crippen LogP contribution >= 0.6 is 0 Å². The maximum absolute atomic E-state index is 13.5. The SMILES string of the molecule is Cc1ccc(NC(=O)C2CCc3ccccc3N2C(=O)CCc2c(C)nn(C)c2C)cc1. The molecule has 1 aliphatic rings. The van der Waals surface area contributed by atoms with Crippen molar-refractivity contribution in [2.75, 3.05) is 10.2 Å². The van der Waals surface area contributed by atoms with Crippen LogP contribution in [0.5, 0.6) is 0 Å². The normalized spacial score (nSPS) is 15.4. The molecule has 0 bridgehead atoms. The van der Waals surface area contributed by atoms with Gasteiger partial charge in [-0.3, -0.25) is 19.2 Å².